The maximum absolute atomic E-state index is 13.5. The smallest absolute Gasteiger partial charge is 0.325 e. The summed E-state index contributed by atoms with van der Waals surface area (Å²) in [5.41, 5.74) is 2.02. The van der Waals surface area contributed by atoms with Crippen LogP contribution in [0, 0.1) is 11.7 Å². The first-order valence-corrected chi connectivity index (χ1v) is 12.5. The Morgan fingerprint density at radius 3 is 2.65 bits per heavy atom. The third kappa shape index (κ3) is 4.35. The van der Waals surface area contributed by atoms with Gasteiger partial charge in [0.15, 0.2) is 0 Å². The maximum atomic E-state index is 13.5. The van der Waals surface area contributed by atoms with E-state index in [1.54, 1.807) is 17.0 Å². The van der Waals surface area contributed by atoms with Crippen LogP contribution in [0.5, 0.6) is 0 Å². The van der Waals surface area contributed by atoms with Crippen molar-refractivity contribution in [2.24, 2.45) is 5.92 Å². The van der Waals surface area contributed by atoms with Gasteiger partial charge in [-0.2, -0.15) is 0 Å². The number of aryl methyl sites for hydroxylation is 1. The van der Waals surface area contributed by atoms with Gasteiger partial charge in [-0.3, -0.25) is 14.5 Å². The molecule has 2 atom stereocenters. The summed E-state index contributed by atoms with van der Waals surface area (Å²) in [5, 5.41) is 2.90. The Hall–Kier alpha value is -2.74. The Morgan fingerprint density at radius 2 is 1.94 bits per heavy atom. The van der Waals surface area contributed by atoms with Crippen molar-refractivity contribution in [2.75, 3.05) is 6.54 Å². The van der Waals surface area contributed by atoms with Gasteiger partial charge in [0.1, 0.15) is 17.9 Å². The molecule has 2 aromatic carbocycles. The van der Waals surface area contributed by atoms with Crippen LogP contribution in [0.2, 0.25) is 0 Å². The fourth-order valence-electron chi connectivity index (χ4n) is 5.18. The van der Waals surface area contributed by atoms with Crippen molar-refractivity contribution in [2.45, 2.75) is 57.2 Å². The van der Waals surface area contributed by atoms with E-state index in [1.165, 1.54) is 17.7 Å². The van der Waals surface area contributed by atoms with E-state index in [0.717, 1.165) is 33.3 Å². The van der Waals surface area contributed by atoms with Crippen molar-refractivity contribution in [3.8, 4) is 0 Å². The number of imide groups is 1. The molecule has 6 nitrogen and oxygen atoms in total. The average Bonchev–Trinajstić information content (AvgIpc) is 3.64. The van der Waals surface area contributed by atoms with Gasteiger partial charge in [0.05, 0.1) is 0 Å². The van der Waals surface area contributed by atoms with Crippen LogP contribution in [-0.4, -0.2) is 45.8 Å². The zero-order valence-corrected chi connectivity index (χ0v) is 20.6. The molecule has 0 bridgehead atoms. The molecule has 0 radical (unpaired) electrons. The molecule has 5 rings (SSSR count). The van der Waals surface area contributed by atoms with E-state index < -0.39 is 11.6 Å². The third-order valence-corrected chi connectivity index (χ3v) is 7.90. The topological polar surface area (TPSA) is 69.7 Å². The van der Waals surface area contributed by atoms with Crippen LogP contribution < -0.4 is 5.32 Å². The largest absolute Gasteiger partial charge is 0.334 e. The van der Waals surface area contributed by atoms with Crippen LogP contribution in [0.3, 0.4) is 0 Å². The zero-order valence-electron chi connectivity index (χ0n) is 19.0. The van der Waals surface area contributed by atoms with Crippen molar-refractivity contribution >= 4 is 33.8 Å². The summed E-state index contributed by atoms with van der Waals surface area (Å²) in [4.78, 5) is 42.5. The first-order chi connectivity index (χ1) is 16.3. The minimum absolute atomic E-state index is 0.0210. The number of carbonyl (C=O) groups is 3. The lowest BCUT2D eigenvalue weighted by Gasteiger charge is -2.33. The zero-order chi connectivity index (χ0) is 24.0. The summed E-state index contributed by atoms with van der Waals surface area (Å²) in [5.74, 6) is -0.527. The normalized spacial score (nSPS) is 22.5. The number of carbonyl (C=O) groups excluding carboxylic acids is 3. The van der Waals surface area contributed by atoms with Crippen LogP contribution >= 0.6 is 15.9 Å². The number of urea groups is 1. The van der Waals surface area contributed by atoms with E-state index in [1.807, 2.05) is 19.1 Å². The van der Waals surface area contributed by atoms with Gasteiger partial charge in [-0.05, 0) is 79.5 Å². The van der Waals surface area contributed by atoms with Crippen LogP contribution in [-0.2, 0) is 29.0 Å². The van der Waals surface area contributed by atoms with Crippen molar-refractivity contribution in [1.82, 2.24) is 15.1 Å². The summed E-state index contributed by atoms with van der Waals surface area (Å²) in [6.45, 7) is 2.02. The van der Waals surface area contributed by atoms with Gasteiger partial charge in [0, 0.05) is 23.5 Å². The van der Waals surface area contributed by atoms with E-state index in [2.05, 4.69) is 27.3 Å². The average molecular weight is 528 g/mol. The van der Waals surface area contributed by atoms with Gasteiger partial charge in [-0.15, -0.1) is 0 Å². The maximum Gasteiger partial charge on any atom is 0.325 e. The van der Waals surface area contributed by atoms with Crippen molar-refractivity contribution in [1.29, 1.82) is 0 Å². The number of halogens is 2. The molecule has 1 heterocycles. The third-order valence-electron chi connectivity index (χ3n) is 7.40. The lowest BCUT2D eigenvalue weighted by molar-refractivity contribution is -0.141. The number of hydrogen-bond donors (Lipinski definition) is 1. The number of nitrogens with zero attached hydrogens (tertiary/aromatic N) is 2. The van der Waals surface area contributed by atoms with E-state index in [0.29, 0.717) is 31.7 Å². The number of benzene rings is 2. The predicted octanol–water partition coefficient (Wildman–Crippen LogP) is 4.19. The van der Waals surface area contributed by atoms with Gasteiger partial charge in [-0.25, -0.2) is 9.18 Å². The highest BCUT2D eigenvalue weighted by atomic mass is 79.9. The van der Waals surface area contributed by atoms with Crippen LogP contribution in [0.4, 0.5) is 9.18 Å². The van der Waals surface area contributed by atoms with E-state index >= 15 is 0 Å². The Kier molecular flexibility index (Phi) is 5.96. The second-order valence-corrected chi connectivity index (χ2v) is 10.6. The van der Waals surface area contributed by atoms with E-state index in [4.69, 9.17) is 0 Å². The highest BCUT2D eigenvalue weighted by molar-refractivity contribution is 9.10. The van der Waals surface area contributed by atoms with Crippen molar-refractivity contribution in [3.05, 3.63) is 69.4 Å². The molecule has 2 unspecified atom stereocenters. The van der Waals surface area contributed by atoms with Gasteiger partial charge < -0.3 is 10.2 Å². The summed E-state index contributed by atoms with van der Waals surface area (Å²) >= 11 is 3.48. The molecule has 8 heteroatoms. The monoisotopic (exact) mass is 527 g/mol. The van der Waals surface area contributed by atoms with Gasteiger partial charge in [0.2, 0.25) is 5.91 Å². The lowest BCUT2D eigenvalue weighted by Crippen LogP contribution is -2.52. The van der Waals surface area contributed by atoms with Crippen molar-refractivity contribution in [3.63, 3.8) is 0 Å². The molecule has 178 valence electrons. The molecule has 1 N–H and O–H groups in total. The van der Waals surface area contributed by atoms with Gasteiger partial charge in [-0.1, -0.05) is 34.1 Å². The van der Waals surface area contributed by atoms with Crippen LogP contribution in [0.15, 0.2) is 46.9 Å². The Morgan fingerprint density at radius 1 is 1.21 bits per heavy atom. The molecule has 2 aliphatic carbocycles. The minimum atomic E-state index is -0.998. The Bertz CT molecular complexity index is 1150. The molecule has 1 saturated heterocycles. The van der Waals surface area contributed by atoms with E-state index in [9.17, 15) is 18.8 Å². The summed E-state index contributed by atoms with van der Waals surface area (Å²) in [6.07, 6.45) is 3.70. The molecule has 1 spiro atoms. The number of hydrogen-bond acceptors (Lipinski definition) is 3. The molecule has 1 aliphatic heterocycles. The van der Waals surface area contributed by atoms with Crippen LogP contribution in [0.1, 0.15) is 42.9 Å². The molecule has 34 heavy (non-hydrogen) atoms. The predicted molar refractivity (Wildman–Crippen MR) is 128 cm³/mol. The fraction of sp³-hybridized carbons (Fsp3) is 0.423. The molecular weight excluding hydrogens is 501 g/mol. The first kappa shape index (κ1) is 23.0. The molecule has 3 aliphatic rings. The number of fused-ring (bicyclic) bond motifs is 1. The number of nitrogens with one attached hydrogen (secondary N) is 1. The summed E-state index contributed by atoms with van der Waals surface area (Å²) in [6, 6.07) is 11.5. The van der Waals surface area contributed by atoms with Gasteiger partial charge in [0.25, 0.3) is 5.91 Å². The Balaban J connectivity index is 1.33. The summed E-state index contributed by atoms with van der Waals surface area (Å²) in [7, 11) is 0. The highest BCUT2D eigenvalue weighted by Gasteiger charge is 2.53. The van der Waals surface area contributed by atoms with E-state index in [-0.39, 0.29) is 30.2 Å². The SMILES string of the molecule is CC(C1CC1)N(Cc1ccc(F)cc1)C(=O)CN1C(=O)NC2(CCc3cc(Br)ccc3C2)C1=O. The first-order valence-electron chi connectivity index (χ1n) is 11.7. The molecule has 1 saturated carbocycles. The highest BCUT2D eigenvalue weighted by Crippen LogP contribution is 2.37. The minimum Gasteiger partial charge on any atom is -0.334 e. The molecule has 2 fully saturated rings. The molecule has 0 aromatic heterocycles. The standard InChI is InChI=1S/C26H27BrFN3O3/c1-16(18-4-5-18)30(14-17-2-8-22(28)9-3-17)23(32)15-31-24(33)26(29-25(31)34)11-10-19-12-21(27)7-6-20(19)13-26/h2-3,6-9,12,16,18H,4-5,10-11,13-15H2,1H3,(H,29,34). The molecular formula is C26H27BrFN3O3. The summed E-state index contributed by atoms with van der Waals surface area (Å²) < 4.78 is 14.3. The molecule has 4 amide bonds. The number of rotatable bonds is 6. The quantitative estimate of drug-likeness (QED) is 0.572. The van der Waals surface area contributed by atoms with Crippen molar-refractivity contribution < 1.29 is 18.8 Å². The lowest BCUT2D eigenvalue weighted by atomic mass is 9.78. The van der Waals surface area contributed by atoms with Crippen LogP contribution in [0.25, 0.3) is 0 Å². The fourth-order valence-corrected chi connectivity index (χ4v) is 5.58. The number of amides is 4. The Labute approximate surface area is 206 Å². The second-order valence-electron chi connectivity index (χ2n) is 9.72. The molecule has 2 aromatic rings. The van der Waals surface area contributed by atoms with Gasteiger partial charge >= 0.3 is 6.03 Å². The second kappa shape index (κ2) is 8.80.